The predicted molar refractivity (Wildman–Crippen MR) is 187 cm³/mol. The Hall–Kier alpha value is -3.56. The summed E-state index contributed by atoms with van der Waals surface area (Å²) in [6.07, 6.45) is 6.75. The molecule has 0 bridgehead atoms. The van der Waals surface area contributed by atoms with Gasteiger partial charge in [-0.3, -0.25) is 24.0 Å². The number of fused-ring (bicyclic) bond motifs is 1. The number of hydrogen-bond donors (Lipinski definition) is 1. The number of hydrogen-bond acceptors (Lipinski definition) is 8. The van der Waals surface area contributed by atoms with Crippen molar-refractivity contribution in [3.63, 3.8) is 0 Å². The Labute approximate surface area is 296 Å². The quantitative estimate of drug-likeness (QED) is 0.166. The van der Waals surface area contributed by atoms with Crippen LogP contribution in [0.15, 0.2) is 30.3 Å². The molecule has 1 heterocycles. The Kier molecular flexibility index (Phi) is 11.9. The summed E-state index contributed by atoms with van der Waals surface area (Å²) in [5.41, 5.74) is -0.0443. The van der Waals surface area contributed by atoms with Crippen molar-refractivity contribution in [3.05, 3.63) is 35.9 Å². The molecule has 4 aliphatic rings. The fourth-order valence-electron chi connectivity index (χ4n) is 8.50. The molecule has 1 unspecified atom stereocenters. The van der Waals surface area contributed by atoms with Gasteiger partial charge in [0, 0.05) is 25.3 Å². The number of amides is 2. The van der Waals surface area contributed by atoms with Gasteiger partial charge in [0.05, 0.1) is 12.5 Å². The molecule has 3 aliphatic carbocycles. The van der Waals surface area contributed by atoms with E-state index in [1.54, 1.807) is 25.7 Å². The third-order valence-corrected chi connectivity index (χ3v) is 11.6. The summed E-state index contributed by atoms with van der Waals surface area (Å²) in [4.78, 5) is 82.7. The van der Waals surface area contributed by atoms with Crippen molar-refractivity contribution < 1.29 is 38.2 Å². The van der Waals surface area contributed by atoms with Gasteiger partial charge < -0.3 is 19.7 Å². The maximum atomic E-state index is 14.4. The molecule has 0 aromatic heterocycles. The van der Waals surface area contributed by atoms with E-state index in [-0.39, 0.29) is 66.6 Å². The van der Waals surface area contributed by atoms with Crippen LogP contribution in [0.4, 0.5) is 4.79 Å². The fourth-order valence-corrected chi connectivity index (χ4v) is 8.50. The van der Waals surface area contributed by atoms with Gasteiger partial charge in [-0.1, -0.05) is 82.7 Å². The minimum Gasteiger partial charge on any atom is -0.461 e. The van der Waals surface area contributed by atoms with Crippen LogP contribution in [0, 0.1) is 35.0 Å². The average molecular weight is 693 g/mol. The normalized spacial score (nSPS) is 24.3. The van der Waals surface area contributed by atoms with Crippen molar-refractivity contribution in [2.75, 3.05) is 6.54 Å². The fraction of sp³-hybridized carbons (Fsp3) is 0.700. The van der Waals surface area contributed by atoms with Gasteiger partial charge in [-0.25, -0.2) is 4.79 Å². The van der Waals surface area contributed by atoms with E-state index in [1.807, 2.05) is 30.3 Å². The smallest absolute Gasteiger partial charge is 0.408 e. The summed E-state index contributed by atoms with van der Waals surface area (Å²) in [5.74, 6) is -2.82. The second-order valence-corrected chi connectivity index (χ2v) is 16.7. The number of ketones is 3. The highest BCUT2D eigenvalue weighted by Crippen LogP contribution is 2.65. The van der Waals surface area contributed by atoms with E-state index in [1.165, 1.54) is 0 Å². The lowest BCUT2D eigenvalue weighted by molar-refractivity contribution is -0.147. The number of carbonyl (C=O) groups excluding carboxylic acids is 6. The van der Waals surface area contributed by atoms with Crippen molar-refractivity contribution in [2.24, 2.45) is 35.0 Å². The number of esters is 1. The minimum atomic E-state index is -0.809. The summed E-state index contributed by atoms with van der Waals surface area (Å²) in [6.45, 7) is 10.1. The molecule has 1 aromatic carbocycles. The number of piperidine rings is 1. The Balaban J connectivity index is 1.27. The number of ether oxygens (including phenoxy) is 2. The van der Waals surface area contributed by atoms with Crippen LogP contribution in [0.3, 0.4) is 0 Å². The molecular weight excluding hydrogens is 636 g/mol. The summed E-state index contributed by atoms with van der Waals surface area (Å²) >= 11 is 0. The molecule has 5 atom stereocenters. The lowest BCUT2D eigenvalue weighted by atomic mass is 9.75. The molecule has 10 heteroatoms. The Morgan fingerprint density at radius 3 is 2.22 bits per heavy atom. The first-order valence-corrected chi connectivity index (χ1v) is 18.7. The predicted octanol–water partition coefficient (Wildman–Crippen LogP) is 6.37. The molecule has 1 saturated heterocycles. The van der Waals surface area contributed by atoms with E-state index in [2.05, 4.69) is 19.2 Å². The first-order valence-electron chi connectivity index (χ1n) is 18.7. The monoisotopic (exact) mass is 692 g/mol. The van der Waals surface area contributed by atoms with Crippen molar-refractivity contribution in [3.8, 4) is 0 Å². The SMILES string of the molecule is CC(C)(C)OC(=O)N[C@H](C(=O)N1C[C@H]2[C@@H]([C@H]1C(=O)CC(CC1CCC1)C(=O)C(=O)CCC(=O)OCc1ccccc1)C2(C)C)C1CCCCC1. The van der Waals surface area contributed by atoms with Crippen molar-refractivity contribution in [1.82, 2.24) is 10.2 Å². The van der Waals surface area contributed by atoms with Crippen LogP contribution in [-0.2, 0) is 40.1 Å². The molecule has 5 rings (SSSR count). The van der Waals surface area contributed by atoms with E-state index in [0.717, 1.165) is 56.9 Å². The zero-order valence-corrected chi connectivity index (χ0v) is 30.5. The second kappa shape index (κ2) is 15.8. The summed E-state index contributed by atoms with van der Waals surface area (Å²) < 4.78 is 10.8. The molecule has 1 aromatic rings. The van der Waals surface area contributed by atoms with Crippen molar-refractivity contribution in [2.45, 2.75) is 136 Å². The van der Waals surface area contributed by atoms with E-state index in [0.29, 0.717) is 13.0 Å². The lowest BCUT2D eigenvalue weighted by Crippen LogP contribution is -2.57. The zero-order valence-electron chi connectivity index (χ0n) is 30.5. The Bertz CT molecular complexity index is 1420. The van der Waals surface area contributed by atoms with Crippen LogP contribution in [-0.4, -0.2) is 64.4 Å². The van der Waals surface area contributed by atoms with Crippen LogP contribution in [0.1, 0.15) is 117 Å². The number of nitrogens with one attached hydrogen (secondary N) is 1. The van der Waals surface area contributed by atoms with Gasteiger partial charge in [-0.2, -0.15) is 0 Å². The maximum Gasteiger partial charge on any atom is 0.408 e. The topological polar surface area (TPSA) is 136 Å². The van der Waals surface area contributed by atoms with Gasteiger partial charge in [-0.15, -0.1) is 0 Å². The number of carbonyl (C=O) groups is 6. The Morgan fingerprint density at radius 1 is 0.920 bits per heavy atom. The van der Waals surface area contributed by atoms with E-state index in [4.69, 9.17) is 9.47 Å². The van der Waals surface area contributed by atoms with Gasteiger partial charge in [0.2, 0.25) is 11.7 Å². The molecule has 2 amide bonds. The van der Waals surface area contributed by atoms with E-state index >= 15 is 0 Å². The third-order valence-electron chi connectivity index (χ3n) is 11.6. The standard InChI is InChI=1S/C40H56N2O8/c1-39(2,3)50-38(48)41-34(27-17-10-7-11-18-27)37(47)42-23-29-33(40(29,4)5)35(42)31(44)22-28(21-25-15-12-16-25)36(46)30(43)19-20-32(45)49-24-26-13-8-6-9-14-26/h6,8-9,13-14,25,27-29,33-35H,7,10-12,15-24H2,1-5H3,(H,41,48)/t28?,29-,33-,34-,35+/m0/s1. The zero-order chi connectivity index (χ0) is 36.2. The molecule has 274 valence electrons. The number of likely N-dealkylation sites (tertiary alicyclic amines) is 1. The lowest BCUT2D eigenvalue weighted by Gasteiger charge is -2.37. The van der Waals surface area contributed by atoms with Crippen LogP contribution >= 0.6 is 0 Å². The van der Waals surface area contributed by atoms with Crippen molar-refractivity contribution >= 4 is 35.3 Å². The molecule has 1 N–H and O–H groups in total. The number of benzene rings is 1. The highest BCUT2D eigenvalue weighted by atomic mass is 16.6. The van der Waals surface area contributed by atoms with E-state index < -0.39 is 47.2 Å². The number of Topliss-reactive ketones (excluding diaryl/α,β-unsaturated/α-hetero) is 3. The molecule has 4 fully saturated rings. The summed E-state index contributed by atoms with van der Waals surface area (Å²) in [7, 11) is 0. The second-order valence-electron chi connectivity index (χ2n) is 16.7. The van der Waals surface area contributed by atoms with Crippen LogP contribution in [0.2, 0.25) is 0 Å². The largest absolute Gasteiger partial charge is 0.461 e. The molecule has 50 heavy (non-hydrogen) atoms. The molecule has 0 spiro atoms. The first-order chi connectivity index (χ1) is 23.7. The molecule has 1 aliphatic heterocycles. The van der Waals surface area contributed by atoms with E-state index in [9.17, 15) is 28.8 Å². The molecule has 10 nitrogen and oxygen atoms in total. The number of alkyl carbamates (subject to hydrolysis) is 1. The molecule has 3 saturated carbocycles. The third kappa shape index (κ3) is 9.21. The van der Waals surface area contributed by atoms with Crippen LogP contribution in [0.25, 0.3) is 0 Å². The van der Waals surface area contributed by atoms with Gasteiger partial charge in [0.15, 0.2) is 11.6 Å². The highest BCUT2D eigenvalue weighted by molar-refractivity contribution is 6.38. The van der Waals surface area contributed by atoms with Gasteiger partial charge >= 0.3 is 12.1 Å². The van der Waals surface area contributed by atoms with Crippen molar-refractivity contribution in [1.29, 1.82) is 0 Å². The average Bonchev–Trinajstić information content (AvgIpc) is 3.36. The Morgan fingerprint density at radius 2 is 1.60 bits per heavy atom. The summed E-state index contributed by atoms with van der Waals surface area (Å²) in [5, 5.41) is 2.89. The molecular formula is C40H56N2O8. The summed E-state index contributed by atoms with van der Waals surface area (Å²) in [6, 6.07) is 7.69. The first kappa shape index (κ1) is 37.7. The maximum absolute atomic E-state index is 14.4. The van der Waals surface area contributed by atoms with Crippen LogP contribution < -0.4 is 5.32 Å². The van der Waals surface area contributed by atoms with Gasteiger partial charge in [0.1, 0.15) is 18.2 Å². The minimum absolute atomic E-state index is 0.0537. The molecule has 0 radical (unpaired) electrons. The van der Waals surface area contributed by atoms with Gasteiger partial charge in [0.25, 0.3) is 0 Å². The number of nitrogens with zero attached hydrogens (tertiary/aromatic N) is 1. The number of rotatable bonds is 15. The van der Waals surface area contributed by atoms with Gasteiger partial charge in [-0.05, 0) is 74.7 Å². The highest BCUT2D eigenvalue weighted by Gasteiger charge is 2.69. The van der Waals surface area contributed by atoms with Crippen LogP contribution in [0.5, 0.6) is 0 Å².